The fourth-order valence-corrected chi connectivity index (χ4v) is 1.33. The van der Waals surface area contributed by atoms with Crippen molar-refractivity contribution in [3.8, 4) is 6.07 Å². The van der Waals surface area contributed by atoms with Gasteiger partial charge in [0.25, 0.3) is 0 Å². The molecule has 3 heteroatoms. The van der Waals surface area contributed by atoms with Crippen LogP contribution in [0.5, 0.6) is 0 Å². The van der Waals surface area contributed by atoms with E-state index in [1.807, 2.05) is 0 Å². The highest BCUT2D eigenvalue weighted by Gasteiger charge is 2.15. The molecule has 1 saturated heterocycles. The number of nitriles is 1. The van der Waals surface area contributed by atoms with Gasteiger partial charge in [0.15, 0.2) is 0 Å². The molecule has 1 unspecified atom stereocenters. The minimum Gasteiger partial charge on any atom is -0.327 e. The van der Waals surface area contributed by atoms with Crippen molar-refractivity contribution in [2.45, 2.75) is 18.9 Å². The van der Waals surface area contributed by atoms with Crippen molar-refractivity contribution in [3.63, 3.8) is 0 Å². The van der Waals surface area contributed by atoms with Gasteiger partial charge in [-0.3, -0.25) is 4.90 Å². The van der Waals surface area contributed by atoms with Gasteiger partial charge in [-0.05, 0) is 19.4 Å². The predicted molar refractivity (Wildman–Crippen MR) is 39.3 cm³/mol. The number of likely N-dealkylation sites (tertiary alicyclic amines) is 1. The molecule has 1 atom stereocenters. The molecule has 0 saturated carbocycles. The summed E-state index contributed by atoms with van der Waals surface area (Å²) in [5.41, 5.74) is 5.70. The molecule has 0 spiro atoms. The van der Waals surface area contributed by atoms with Crippen LogP contribution in [0.15, 0.2) is 0 Å². The van der Waals surface area contributed by atoms with E-state index in [1.54, 1.807) is 0 Å². The van der Waals surface area contributed by atoms with Crippen LogP contribution in [-0.4, -0.2) is 30.6 Å². The summed E-state index contributed by atoms with van der Waals surface area (Å²) >= 11 is 0. The first-order valence-corrected chi connectivity index (χ1v) is 3.68. The van der Waals surface area contributed by atoms with E-state index in [4.69, 9.17) is 11.0 Å². The summed E-state index contributed by atoms with van der Waals surface area (Å²) < 4.78 is 0. The Bertz CT molecular complexity index is 138. The predicted octanol–water partition coefficient (Wildman–Crippen LogP) is -0.0669. The molecule has 1 fully saturated rings. The SMILES string of the molecule is N#CCN1CCCC(N)C1. The fraction of sp³-hybridized carbons (Fsp3) is 0.857. The third-order valence-electron chi connectivity index (χ3n) is 1.84. The molecule has 0 amide bonds. The number of hydrogen-bond donors (Lipinski definition) is 1. The molecule has 3 nitrogen and oxygen atoms in total. The van der Waals surface area contributed by atoms with Crippen molar-refractivity contribution in [1.82, 2.24) is 4.90 Å². The molecule has 10 heavy (non-hydrogen) atoms. The third kappa shape index (κ3) is 1.98. The fourth-order valence-electron chi connectivity index (χ4n) is 1.33. The lowest BCUT2D eigenvalue weighted by Crippen LogP contribution is -2.42. The molecule has 56 valence electrons. The van der Waals surface area contributed by atoms with Crippen LogP contribution in [0, 0.1) is 11.3 Å². The summed E-state index contributed by atoms with van der Waals surface area (Å²) in [5.74, 6) is 0. The van der Waals surface area contributed by atoms with Crippen molar-refractivity contribution in [2.75, 3.05) is 19.6 Å². The quantitative estimate of drug-likeness (QED) is 0.517. The van der Waals surface area contributed by atoms with Crippen LogP contribution in [0.4, 0.5) is 0 Å². The maximum absolute atomic E-state index is 8.37. The number of hydrogen-bond acceptors (Lipinski definition) is 3. The normalized spacial score (nSPS) is 27.8. The number of nitrogens with two attached hydrogens (primary N) is 1. The molecule has 1 aliphatic heterocycles. The Hall–Kier alpha value is -0.590. The summed E-state index contributed by atoms with van der Waals surface area (Å²) in [6.07, 6.45) is 2.25. The van der Waals surface area contributed by atoms with E-state index >= 15 is 0 Å². The van der Waals surface area contributed by atoms with E-state index < -0.39 is 0 Å². The first-order chi connectivity index (χ1) is 4.83. The molecule has 0 aromatic rings. The Kier molecular flexibility index (Phi) is 2.67. The molecular formula is C7H13N3. The molecule has 0 bridgehead atoms. The van der Waals surface area contributed by atoms with Crippen LogP contribution in [0.2, 0.25) is 0 Å². The van der Waals surface area contributed by atoms with Crippen LogP contribution in [-0.2, 0) is 0 Å². The molecule has 1 aliphatic rings. The van der Waals surface area contributed by atoms with Crippen molar-refractivity contribution in [2.24, 2.45) is 5.73 Å². The van der Waals surface area contributed by atoms with Gasteiger partial charge in [-0.15, -0.1) is 0 Å². The van der Waals surface area contributed by atoms with E-state index in [0.29, 0.717) is 12.6 Å². The van der Waals surface area contributed by atoms with E-state index in [1.165, 1.54) is 0 Å². The second-order valence-corrected chi connectivity index (χ2v) is 2.80. The Morgan fingerprint density at radius 1 is 1.70 bits per heavy atom. The van der Waals surface area contributed by atoms with E-state index in [9.17, 15) is 0 Å². The number of rotatable bonds is 1. The average molecular weight is 139 g/mol. The number of nitrogens with zero attached hydrogens (tertiary/aromatic N) is 2. The largest absolute Gasteiger partial charge is 0.327 e. The molecule has 1 rings (SSSR count). The summed E-state index contributed by atoms with van der Waals surface area (Å²) in [5, 5.41) is 8.37. The van der Waals surface area contributed by atoms with Crippen molar-refractivity contribution >= 4 is 0 Å². The van der Waals surface area contributed by atoms with Gasteiger partial charge in [0.05, 0.1) is 12.6 Å². The van der Waals surface area contributed by atoms with E-state index in [-0.39, 0.29) is 0 Å². The summed E-state index contributed by atoms with van der Waals surface area (Å²) in [7, 11) is 0. The highest BCUT2D eigenvalue weighted by molar-refractivity contribution is 4.82. The minimum atomic E-state index is 0.294. The molecule has 0 aliphatic carbocycles. The zero-order chi connectivity index (χ0) is 7.40. The highest BCUT2D eigenvalue weighted by Crippen LogP contribution is 2.06. The summed E-state index contributed by atoms with van der Waals surface area (Å²) in [6, 6.07) is 2.42. The van der Waals surface area contributed by atoms with Crippen LogP contribution in [0.25, 0.3) is 0 Å². The van der Waals surface area contributed by atoms with Gasteiger partial charge in [-0.2, -0.15) is 5.26 Å². The van der Waals surface area contributed by atoms with E-state index in [0.717, 1.165) is 25.9 Å². The monoisotopic (exact) mass is 139 g/mol. The average Bonchev–Trinajstić information content (AvgIpc) is 1.88. The Morgan fingerprint density at radius 2 is 2.50 bits per heavy atom. The topological polar surface area (TPSA) is 53.0 Å². The molecule has 1 heterocycles. The molecular weight excluding hydrogens is 126 g/mol. The van der Waals surface area contributed by atoms with Gasteiger partial charge in [-0.1, -0.05) is 0 Å². The van der Waals surface area contributed by atoms with Crippen LogP contribution < -0.4 is 5.73 Å². The first-order valence-electron chi connectivity index (χ1n) is 3.68. The van der Waals surface area contributed by atoms with Gasteiger partial charge >= 0.3 is 0 Å². The maximum atomic E-state index is 8.37. The third-order valence-corrected chi connectivity index (χ3v) is 1.84. The van der Waals surface area contributed by atoms with E-state index in [2.05, 4.69) is 11.0 Å². The van der Waals surface area contributed by atoms with Gasteiger partial charge < -0.3 is 5.73 Å². The standard InChI is InChI=1S/C7H13N3/c8-3-5-10-4-1-2-7(9)6-10/h7H,1-2,4-6,9H2. The number of piperidine rings is 1. The molecule has 0 radical (unpaired) electrons. The lowest BCUT2D eigenvalue weighted by molar-refractivity contribution is 0.231. The van der Waals surface area contributed by atoms with Gasteiger partial charge in [0.2, 0.25) is 0 Å². The van der Waals surface area contributed by atoms with Gasteiger partial charge in [0, 0.05) is 12.6 Å². The van der Waals surface area contributed by atoms with Crippen LogP contribution in [0.3, 0.4) is 0 Å². The van der Waals surface area contributed by atoms with Crippen molar-refractivity contribution in [1.29, 1.82) is 5.26 Å². The minimum absolute atomic E-state index is 0.294. The Labute approximate surface area is 61.4 Å². The van der Waals surface area contributed by atoms with Crippen LogP contribution >= 0.6 is 0 Å². The summed E-state index contributed by atoms with van der Waals surface area (Å²) in [6.45, 7) is 2.47. The molecule has 0 aromatic carbocycles. The second-order valence-electron chi connectivity index (χ2n) is 2.80. The highest BCUT2D eigenvalue weighted by atomic mass is 15.1. The van der Waals surface area contributed by atoms with Crippen LogP contribution in [0.1, 0.15) is 12.8 Å². The first kappa shape index (κ1) is 7.52. The van der Waals surface area contributed by atoms with Gasteiger partial charge in [-0.25, -0.2) is 0 Å². The maximum Gasteiger partial charge on any atom is 0.0866 e. The molecule has 0 aromatic heterocycles. The Morgan fingerprint density at radius 3 is 3.10 bits per heavy atom. The summed E-state index contributed by atoms with van der Waals surface area (Å²) in [4.78, 5) is 2.11. The zero-order valence-electron chi connectivity index (χ0n) is 6.08. The molecule has 2 N–H and O–H groups in total. The van der Waals surface area contributed by atoms with Gasteiger partial charge in [0.1, 0.15) is 0 Å². The lowest BCUT2D eigenvalue weighted by atomic mass is 10.1. The van der Waals surface area contributed by atoms with Crippen molar-refractivity contribution < 1.29 is 0 Å². The Balaban J connectivity index is 2.27. The second kappa shape index (κ2) is 3.55. The smallest absolute Gasteiger partial charge is 0.0866 e. The lowest BCUT2D eigenvalue weighted by Gasteiger charge is -2.28. The van der Waals surface area contributed by atoms with Crippen molar-refractivity contribution in [3.05, 3.63) is 0 Å². The zero-order valence-corrected chi connectivity index (χ0v) is 6.08.